The predicted molar refractivity (Wildman–Crippen MR) is 71.1 cm³/mol. The molecule has 2 atom stereocenters. The van der Waals surface area contributed by atoms with Gasteiger partial charge in [-0.1, -0.05) is 19.8 Å². The lowest BCUT2D eigenvalue weighted by Crippen LogP contribution is -2.48. The van der Waals surface area contributed by atoms with Gasteiger partial charge in [0.15, 0.2) is 6.10 Å². The Labute approximate surface area is 114 Å². The van der Waals surface area contributed by atoms with Crippen molar-refractivity contribution >= 4 is 12.0 Å². The van der Waals surface area contributed by atoms with Crippen molar-refractivity contribution in [3.63, 3.8) is 0 Å². The van der Waals surface area contributed by atoms with E-state index in [2.05, 4.69) is 12.2 Å². The highest BCUT2D eigenvalue weighted by Gasteiger charge is 2.25. The van der Waals surface area contributed by atoms with Gasteiger partial charge >= 0.3 is 12.0 Å². The van der Waals surface area contributed by atoms with E-state index in [-0.39, 0.29) is 18.6 Å². The molecule has 110 valence electrons. The molecular weight excluding hydrogens is 248 g/mol. The largest absolute Gasteiger partial charge is 0.479 e. The molecule has 6 heteroatoms. The van der Waals surface area contributed by atoms with Crippen molar-refractivity contribution in [2.45, 2.75) is 51.2 Å². The number of carbonyl (C=O) groups excluding carboxylic acids is 1. The fourth-order valence-electron chi connectivity index (χ4n) is 2.42. The molecule has 0 radical (unpaired) electrons. The molecule has 2 amide bonds. The first-order chi connectivity index (χ1) is 9.10. The zero-order valence-electron chi connectivity index (χ0n) is 11.7. The Bertz CT molecular complexity index is 309. The van der Waals surface area contributed by atoms with Gasteiger partial charge in [-0.05, 0) is 19.3 Å². The summed E-state index contributed by atoms with van der Waals surface area (Å²) in [5, 5.41) is 11.5. The summed E-state index contributed by atoms with van der Waals surface area (Å²) in [5.74, 6) is -1.06. The molecule has 1 saturated heterocycles. The van der Waals surface area contributed by atoms with Gasteiger partial charge in [-0.25, -0.2) is 9.59 Å². The van der Waals surface area contributed by atoms with E-state index in [0.29, 0.717) is 0 Å². The third kappa shape index (κ3) is 4.70. The van der Waals surface area contributed by atoms with E-state index in [4.69, 9.17) is 9.84 Å². The van der Waals surface area contributed by atoms with Crippen LogP contribution < -0.4 is 5.32 Å². The Morgan fingerprint density at radius 3 is 2.74 bits per heavy atom. The third-order valence-corrected chi connectivity index (χ3v) is 3.61. The van der Waals surface area contributed by atoms with Gasteiger partial charge in [-0.2, -0.15) is 0 Å². The summed E-state index contributed by atoms with van der Waals surface area (Å²) in [5.41, 5.74) is 0. The summed E-state index contributed by atoms with van der Waals surface area (Å²) in [6, 6.07) is 0.0744. The molecule has 19 heavy (non-hydrogen) atoms. The zero-order chi connectivity index (χ0) is 14.3. The van der Waals surface area contributed by atoms with Crippen LogP contribution >= 0.6 is 0 Å². The highest BCUT2D eigenvalue weighted by Crippen LogP contribution is 2.19. The number of methoxy groups -OCH3 is 1. The molecule has 0 saturated carbocycles. The number of likely N-dealkylation sites (tertiary alicyclic amines) is 1. The number of ether oxygens (including phenoxy) is 1. The van der Waals surface area contributed by atoms with Crippen LogP contribution in [0.25, 0.3) is 0 Å². The number of amides is 2. The smallest absolute Gasteiger partial charge is 0.334 e. The molecule has 0 aromatic rings. The van der Waals surface area contributed by atoms with Gasteiger partial charge in [0.25, 0.3) is 0 Å². The number of nitrogens with zero attached hydrogens (tertiary/aromatic N) is 1. The number of rotatable bonds is 5. The second kappa shape index (κ2) is 7.99. The Kier molecular flexibility index (Phi) is 6.62. The van der Waals surface area contributed by atoms with Crippen LogP contribution in [0.3, 0.4) is 0 Å². The number of carboxylic acid groups (broad SMARTS) is 1. The molecule has 0 aromatic heterocycles. The van der Waals surface area contributed by atoms with Crippen molar-refractivity contribution in [1.82, 2.24) is 10.2 Å². The average Bonchev–Trinajstić information content (AvgIpc) is 2.63. The van der Waals surface area contributed by atoms with E-state index in [1.807, 2.05) is 4.90 Å². The highest BCUT2D eigenvalue weighted by molar-refractivity contribution is 5.77. The number of nitrogens with one attached hydrogen (secondary N) is 1. The first kappa shape index (κ1) is 15.8. The maximum atomic E-state index is 12.1. The monoisotopic (exact) mass is 272 g/mol. The molecule has 2 unspecified atom stereocenters. The predicted octanol–water partition coefficient (Wildman–Crippen LogP) is 1.45. The lowest BCUT2D eigenvalue weighted by atomic mass is 10.1. The van der Waals surface area contributed by atoms with Crippen molar-refractivity contribution in [3.05, 3.63) is 0 Å². The van der Waals surface area contributed by atoms with E-state index < -0.39 is 12.1 Å². The van der Waals surface area contributed by atoms with E-state index in [1.165, 1.54) is 7.11 Å². The normalized spacial score (nSPS) is 21.6. The van der Waals surface area contributed by atoms with Crippen LogP contribution in [0.4, 0.5) is 4.79 Å². The van der Waals surface area contributed by atoms with Gasteiger partial charge in [-0.3, -0.25) is 0 Å². The number of carbonyl (C=O) groups is 2. The summed E-state index contributed by atoms with van der Waals surface area (Å²) >= 11 is 0. The van der Waals surface area contributed by atoms with Crippen LogP contribution in [0.2, 0.25) is 0 Å². The zero-order valence-corrected chi connectivity index (χ0v) is 11.7. The first-order valence-electron chi connectivity index (χ1n) is 6.90. The molecule has 0 spiro atoms. The standard InChI is InChI=1S/C13H24N2O4/c1-3-10-7-5-4-6-8-15(10)13(18)14-9-11(19-2)12(16)17/h10-11H,3-9H2,1-2H3,(H,14,18)(H,16,17). The molecular formula is C13H24N2O4. The molecule has 0 bridgehead atoms. The highest BCUT2D eigenvalue weighted by atomic mass is 16.5. The van der Waals surface area contributed by atoms with Crippen molar-refractivity contribution in [1.29, 1.82) is 0 Å². The summed E-state index contributed by atoms with van der Waals surface area (Å²) in [4.78, 5) is 24.8. The molecule has 1 heterocycles. The van der Waals surface area contributed by atoms with E-state index in [9.17, 15) is 9.59 Å². The Balaban J connectivity index is 2.52. The summed E-state index contributed by atoms with van der Waals surface area (Å²) in [6.07, 6.45) is 4.28. The minimum atomic E-state index is -1.06. The van der Waals surface area contributed by atoms with Gasteiger partial charge in [0, 0.05) is 19.7 Å². The molecule has 1 rings (SSSR count). The molecule has 6 nitrogen and oxygen atoms in total. The summed E-state index contributed by atoms with van der Waals surface area (Å²) < 4.78 is 4.79. The van der Waals surface area contributed by atoms with Gasteiger partial charge in [0.1, 0.15) is 0 Å². The van der Waals surface area contributed by atoms with Gasteiger partial charge in [0.05, 0.1) is 6.54 Å². The molecule has 0 aliphatic carbocycles. The molecule has 0 aromatic carbocycles. The minimum absolute atomic E-state index is 0.00238. The number of urea groups is 1. The van der Waals surface area contributed by atoms with Gasteiger partial charge in [-0.15, -0.1) is 0 Å². The number of carboxylic acids is 1. The molecule has 1 aliphatic heterocycles. The second-order valence-corrected chi connectivity index (χ2v) is 4.85. The van der Waals surface area contributed by atoms with E-state index in [1.54, 1.807) is 0 Å². The second-order valence-electron chi connectivity index (χ2n) is 4.85. The SMILES string of the molecule is CCC1CCCCCN1C(=O)NCC(OC)C(=O)O. The van der Waals surface area contributed by atoms with Crippen LogP contribution in [0.5, 0.6) is 0 Å². The summed E-state index contributed by atoms with van der Waals surface area (Å²) in [7, 11) is 1.33. The molecule has 1 fully saturated rings. The Hall–Kier alpha value is -1.30. The fraction of sp³-hybridized carbons (Fsp3) is 0.846. The lowest BCUT2D eigenvalue weighted by molar-refractivity contribution is -0.148. The Morgan fingerprint density at radius 2 is 2.16 bits per heavy atom. The number of hydrogen-bond acceptors (Lipinski definition) is 3. The van der Waals surface area contributed by atoms with Crippen LogP contribution in [-0.2, 0) is 9.53 Å². The van der Waals surface area contributed by atoms with Crippen molar-refractivity contribution in [2.75, 3.05) is 20.2 Å². The van der Waals surface area contributed by atoms with E-state index in [0.717, 1.165) is 38.6 Å². The Morgan fingerprint density at radius 1 is 1.42 bits per heavy atom. The van der Waals surface area contributed by atoms with Crippen LogP contribution in [0.15, 0.2) is 0 Å². The topological polar surface area (TPSA) is 78.9 Å². The van der Waals surface area contributed by atoms with Gasteiger partial charge in [0.2, 0.25) is 0 Å². The van der Waals surface area contributed by atoms with Gasteiger partial charge < -0.3 is 20.1 Å². The maximum Gasteiger partial charge on any atom is 0.334 e. The number of hydrogen-bond donors (Lipinski definition) is 2. The van der Waals surface area contributed by atoms with Crippen molar-refractivity contribution < 1.29 is 19.4 Å². The van der Waals surface area contributed by atoms with E-state index >= 15 is 0 Å². The van der Waals surface area contributed by atoms with Crippen LogP contribution in [-0.4, -0.2) is 54.4 Å². The number of aliphatic carboxylic acids is 1. The fourth-order valence-corrected chi connectivity index (χ4v) is 2.42. The lowest BCUT2D eigenvalue weighted by Gasteiger charge is -2.29. The first-order valence-corrected chi connectivity index (χ1v) is 6.90. The quantitative estimate of drug-likeness (QED) is 0.794. The van der Waals surface area contributed by atoms with Crippen LogP contribution in [0, 0.1) is 0 Å². The molecule has 2 N–H and O–H groups in total. The summed E-state index contributed by atoms with van der Waals surface area (Å²) in [6.45, 7) is 2.82. The molecule has 1 aliphatic rings. The third-order valence-electron chi connectivity index (χ3n) is 3.61. The van der Waals surface area contributed by atoms with Crippen LogP contribution in [0.1, 0.15) is 39.0 Å². The maximum absolute atomic E-state index is 12.1. The van der Waals surface area contributed by atoms with Crippen molar-refractivity contribution in [2.24, 2.45) is 0 Å². The van der Waals surface area contributed by atoms with Crippen molar-refractivity contribution in [3.8, 4) is 0 Å². The average molecular weight is 272 g/mol. The minimum Gasteiger partial charge on any atom is -0.479 e.